The Kier molecular flexibility index (Phi) is 6.73. The molecule has 0 aliphatic carbocycles. The van der Waals surface area contributed by atoms with Crippen LogP contribution in [0.15, 0.2) is 48.5 Å². The number of amides is 1. The lowest BCUT2D eigenvalue weighted by atomic mass is 10.1. The lowest BCUT2D eigenvalue weighted by Crippen LogP contribution is -2.13. The summed E-state index contributed by atoms with van der Waals surface area (Å²) in [4.78, 5) is 28.9. The number of Topliss-reactive ketones (excluding diaryl/α,β-unsaturated/α-hetero) is 1. The summed E-state index contributed by atoms with van der Waals surface area (Å²) >= 11 is 0. The largest absolute Gasteiger partial charge is 0.494 e. The van der Waals surface area contributed by atoms with Gasteiger partial charge in [0.15, 0.2) is 11.6 Å². The Morgan fingerprint density at radius 1 is 1.10 bits per heavy atom. The standard InChI is InChI=1S/C22H24N4O3/c1-3-13-29-19-9-7-16(8-10-19)20(27)11-12-21(28)24-18-6-4-5-17(14-18)22-23-15(2)25-26-22/h4-10,14H,3,11-13H2,1-2H3,(H,24,28)(H,23,25,26). The fourth-order valence-electron chi connectivity index (χ4n) is 2.76. The van der Waals surface area contributed by atoms with Crippen molar-refractivity contribution < 1.29 is 14.3 Å². The Balaban J connectivity index is 1.52. The molecule has 0 aliphatic heterocycles. The van der Waals surface area contributed by atoms with E-state index < -0.39 is 0 Å². The third-order valence-electron chi connectivity index (χ3n) is 4.23. The van der Waals surface area contributed by atoms with Gasteiger partial charge >= 0.3 is 0 Å². The maximum Gasteiger partial charge on any atom is 0.224 e. The van der Waals surface area contributed by atoms with E-state index in [4.69, 9.17) is 4.74 Å². The number of nitrogens with one attached hydrogen (secondary N) is 2. The van der Waals surface area contributed by atoms with Crippen LogP contribution in [0.25, 0.3) is 11.4 Å². The first-order valence-corrected chi connectivity index (χ1v) is 9.60. The predicted molar refractivity (Wildman–Crippen MR) is 111 cm³/mol. The molecule has 2 aromatic carbocycles. The Morgan fingerprint density at radius 2 is 1.90 bits per heavy atom. The van der Waals surface area contributed by atoms with Crippen molar-refractivity contribution in [1.29, 1.82) is 0 Å². The van der Waals surface area contributed by atoms with Crippen LogP contribution in [0.4, 0.5) is 5.69 Å². The Bertz CT molecular complexity index is 980. The number of anilines is 1. The highest BCUT2D eigenvalue weighted by Crippen LogP contribution is 2.20. The zero-order valence-corrected chi connectivity index (χ0v) is 16.6. The van der Waals surface area contributed by atoms with Crippen LogP contribution in [0.3, 0.4) is 0 Å². The van der Waals surface area contributed by atoms with Gasteiger partial charge in [-0.1, -0.05) is 19.1 Å². The number of hydrogen-bond donors (Lipinski definition) is 2. The quantitative estimate of drug-likeness (QED) is 0.533. The summed E-state index contributed by atoms with van der Waals surface area (Å²) in [5.41, 5.74) is 2.01. The van der Waals surface area contributed by atoms with E-state index in [1.165, 1.54) is 0 Å². The monoisotopic (exact) mass is 392 g/mol. The zero-order chi connectivity index (χ0) is 20.6. The molecule has 0 spiro atoms. The van der Waals surface area contributed by atoms with Gasteiger partial charge in [-0.05, 0) is 49.7 Å². The van der Waals surface area contributed by atoms with Crippen molar-refractivity contribution in [2.24, 2.45) is 0 Å². The van der Waals surface area contributed by atoms with Gasteiger partial charge < -0.3 is 10.1 Å². The molecule has 0 unspecified atom stereocenters. The molecule has 0 saturated heterocycles. The van der Waals surface area contributed by atoms with E-state index in [1.807, 2.05) is 26.0 Å². The number of H-pyrrole nitrogens is 1. The van der Waals surface area contributed by atoms with Crippen LogP contribution in [-0.4, -0.2) is 33.5 Å². The van der Waals surface area contributed by atoms with Gasteiger partial charge in [0, 0.05) is 29.7 Å². The van der Waals surface area contributed by atoms with Crippen molar-refractivity contribution in [2.75, 3.05) is 11.9 Å². The summed E-state index contributed by atoms with van der Waals surface area (Å²) in [6, 6.07) is 14.3. The lowest BCUT2D eigenvalue weighted by molar-refractivity contribution is -0.116. The summed E-state index contributed by atoms with van der Waals surface area (Å²) < 4.78 is 5.51. The zero-order valence-electron chi connectivity index (χ0n) is 16.6. The summed E-state index contributed by atoms with van der Waals surface area (Å²) in [6.45, 7) is 4.50. The summed E-state index contributed by atoms with van der Waals surface area (Å²) in [7, 11) is 0. The summed E-state index contributed by atoms with van der Waals surface area (Å²) in [6.07, 6.45) is 1.17. The highest BCUT2D eigenvalue weighted by molar-refractivity contribution is 6.00. The van der Waals surface area contributed by atoms with Crippen LogP contribution in [0.5, 0.6) is 5.75 Å². The molecule has 2 N–H and O–H groups in total. The number of nitrogens with zero attached hydrogens (tertiary/aromatic N) is 2. The van der Waals surface area contributed by atoms with E-state index in [0.29, 0.717) is 23.7 Å². The van der Waals surface area contributed by atoms with Crippen LogP contribution < -0.4 is 10.1 Å². The van der Waals surface area contributed by atoms with Crippen LogP contribution in [0, 0.1) is 6.92 Å². The molecule has 150 valence electrons. The molecule has 1 heterocycles. The second-order valence-electron chi connectivity index (χ2n) is 6.67. The van der Waals surface area contributed by atoms with Gasteiger partial charge in [-0.3, -0.25) is 14.7 Å². The maximum absolute atomic E-state index is 12.3. The third-order valence-corrected chi connectivity index (χ3v) is 4.23. The predicted octanol–water partition coefficient (Wildman–Crippen LogP) is 4.17. The Morgan fingerprint density at radius 3 is 2.59 bits per heavy atom. The Hall–Kier alpha value is -3.48. The lowest BCUT2D eigenvalue weighted by Gasteiger charge is -2.07. The first kappa shape index (κ1) is 20.3. The van der Waals surface area contributed by atoms with Crippen LogP contribution in [-0.2, 0) is 4.79 Å². The van der Waals surface area contributed by atoms with Gasteiger partial charge in [0.2, 0.25) is 5.91 Å². The number of carbonyl (C=O) groups excluding carboxylic acids is 2. The molecule has 1 amide bonds. The molecule has 0 radical (unpaired) electrons. The number of ketones is 1. The van der Waals surface area contributed by atoms with E-state index in [0.717, 1.165) is 23.6 Å². The minimum atomic E-state index is -0.218. The molecule has 0 fully saturated rings. The highest BCUT2D eigenvalue weighted by Gasteiger charge is 2.11. The Labute approximate surface area is 169 Å². The number of aryl methyl sites for hydroxylation is 1. The molecule has 0 bridgehead atoms. The summed E-state index contributed by atoms with van der Waals surface area (Å²) in [5.74, 6) is 1.73. The van der Waals surface area contributed by atoms with Crippen molar-refractivity contribution in [3.63, 3.8) is 0 Å². The number of rotatable bonds is 9. The SMILES string of the molecule is CCCOc1ccc(C(=O)CCC(=O)Nc2cccc(-c3n[nH]c(C)n3)c2)cc1. The molecule has 3 aromatic rings. The highest BCUT2D eigenvalue weighted by atomic mass is 16.5. The van der Waals surface area contributed by atoms with Crippen molar-refractivity contribution >= 4 is 17.4 Å². The fraction of sp³-hybridized carbons (Fsp3) is 0.273. The van der Waals surface area contributed by atoms with Crippen molar-refractivity contribution in [3.05, 3.63) is 59.9 Å². The number of benzene rings is 2. The number of hydrogen-bond acceptors (Lipinski definition) is 5. The van der Waals surface area contributed by atoms with Crippen molar-refractivity contribution in [3.8, 4) is 17.1 Å². The van der Waals surface area contributed by atoms with Crippen molar-refractivity contribution in [1.82, 2.24) is 15.2 Å². The van der Waals surface area contributed by atoms with Crippen LogP contribution >= 0.6 is 0 Å². The fourth-order valence-corrected chi connectivity index (χ4v) is 2.76. The maximum atomic E-state index is 12.3. The van der Waals surface area contributed by atoms with E-state index in [1.54, 1.807) is 36.4 Å². The normalized spacial score (nSPS) is 10.6. The van der Waals surface area contributed by atoms with Crippen LogP contribution in [0.2, 0.25) is 0 Å². The second kappa shape index (κ2) is 9.64. The number of aromatic amines is 1. The minimum Gasteiger partial charge on any atom is -0.494 e. The molecule has 7 nitrogen and oxygen atoms in total. The topological polar surface area (TPSA) is 97.0 Å². The van der Waals surface area contributed by atoms with Gasteiger partial charge in [-0.2, -0.15) is 5.10 Å². The van der Waals surface area contributed by atoms with Gasteiger partial charge in [0.25, 0.3) is 0 Å². The number of aromatic nitrogens is 3. The van der Waals surface area contributed by atoms with E-state index in [9.17, 15) is 9.59 Å². The van der Waals surface area contributed by atoms with E-state index in [2.05, 4.69) is 20.5 Å². The van der Waals surface area contributed by atoms with Crippen molar-refractivity contribution in [2.45, 2.75) is 33.1 Å². The van der Waals surface area contributed by atoms with E-state index >= 15 is 0 Å². The minimum absolute atomic E-state index is 0.0767. The van der Waals surface area contributed by atoms with Gasteiger partial charge in [0.05, 0.1) is 6.61 Å². The second-order valence-corrected chi connectivity index (χ2v) is 6.67. The van der Waals surface area contributed by atoms with E-state index in [-0.39, 0.29) is 24.5 Å². The molecule has 29 heavy (non-hydrogen) atoms. The molecule has 1 aromatic heterocycles. The van der Waals surface area contributed by atoms with Gasteiger partial charge in [-0.15, -0.1) is 0 Å². The van der Waals surface area contributed by atoms with Gasteiger partial charge in [-0.25, -0.2) is 4.98 Å². The molecule has 0 saturated carbocycles. The first-order valence-electron chi connectivity index (χ1n) is 9.60. The molecule has 3 rings (SSSR count). The average Bonchev–Trinajstić information content (AvgIpc) is 3.17. The number of carbonyl (C=O) groups is 2. The molecular weight excluding hydrogens is 368 g/mol. The smallest absolute Gasteiger partial charge is 0.224 e. The molecule has 7 heteroatoms. The molecule has 0 aliphatic rings. The molecule has 0 atom stereocenters. The van der Waals surface area contributed by atoms with Crippen LogP contribution in [0.1, 0.15) is 42.4 Å². The first-order chi connectivity index (χ1) is 14.0. The number of ether oxygens (including phenoxy) is 1. The molecular formula is C22H24N4O3. The average molecular weight is 392 g/mol. The summed E-state index contributed by atoms with van der Waals surface area (Å²) in [5, 5.41) is 9.74. The van der Waals surface area contributed by atoms with Gasteiger partial charge in [0.1, 0.15) is 11.6 Å². The third kappa shape index (κ3) is 5.75.